The van der Waals surface area contributed by atoms with Gasteiger partial charge in [-0.05, 0) is 45.2 Å². The lowest BCUT2D eigenvalue weighted by molar-refractivity contribution is 0.0620. The Labute approximate surface area is 164 Å². The Kier molecular flexibility index (Phi) is 9.11. The number of halogens is 1. The van der Waals surface area contributed by atoms with Crippen LogP contribution in [0, 0.1) is 0 Å². The first-order valence-electron chi connectivity index (χ1n) is 9.68. The van der Waals surface area contributed by atoms with Crippen LogP contribution in [0.3, 0.4) is 0 Å². The monoisotopic (exact) mass is 450 g/mol. The van der Waals surface area contributed by atoms with E-state index in [0.717, 1.165) is 38.2 Å². The average molecular weight is 450 g/mol. The quantitative estimate of drug-likeness (QED) is 0.303. The molecule has 1 unspecified atom stereocenters. The second-order valence-corrected chi connectivity index (χ2v) is 7.24. The van der Waals surface area contributed by atoms with Crippen LogP contribution in [0.25, 0.3) is 0 Å². The van der Waals surface area contributed by atoms with E-state index in [-0.39, 0.29) is 24.0 Å². The summed E-state index contributed by atoms with van der Waals surface area (Å²) in [4.78, 5) is 9.60. The molecule has 0 spiro atoms. The maximum absolute atomic E-state index is 5.93. The lowest BCUT2D eigenvalue weighted by Crippen LogP contribution is -2.45. The zero-order valence-corrected chi connectivity index (χ0v) is 17.5. The van der Waals surface area contributed by atoms with Crippen LogP contribution in [0.4, 0.5) is 0 Å². The molecule has 1 atom stereocenters. The molecule has 3 rings (SSSR count). The number of likely N-dealkylation sites (tertiary alicyclic amines) is 2. The molecule has 0 bridgehead atoms. The van der Waals surface area contributed by atoms with Gasteiger partial charge in [-0.15, -0.1) is 24.0 Å². The lowest BCUT2D eigenvalue weighted by Gasteiger charge is -2.32. The van der Waals surface area contributed by atoms with E-state index in [9.17, 15) is 0 Å². The van der Waals surface area contributed by atoms with Gasteiger partial charge in [0.25, 0.3) is 0 Å². The second kappa shape index (κ2) is 10.8. The zero-order valence-electron chi connectivity index (χ0n) is 15.2. The summed E-state index contributed by atoms with van der Waals surface area (Å²) in [5.41, 5.74) is 0. The van der Waals surface area contributed by atoms with E-state index in [4.69, 9.17) is 4.74 Å². The maximum atomic E-state index is 5.93. The van der Waals surface area contributed by atoms with Crippen molar-refractivity contribution in [3.05, 3.63) is 0 Å². The van der Waals surface area contributed by atoms with E-state index in [2.05, 4.69) is 20.1 Å². The summed E-state index contributed by atoms with van der Waals surface area (Å²) >= 11 is 0. The molecule has 6 heteroatoms. The van der Waals surface area contributed by atoms with Gasteiger partial charge in [-0.3, -0.25) is 9.89 Å². The predicted octanol–water partition coefficient (Wildman–Crippen LogP) is 2.70. The minimum Gasteiger partial charge on any atom is -0.376 e. The summed E-state index contributed by atoms with van der Waals surface area (Å²) < 4.78 is 5.93. The van der Waals surface area contributed by atoms with Gasteiger partial charge in [0.1, 0.15) is 0 Å². The van der Waals surface area contributed by atoms with E-state index < -0.39 is 0 Å². The number of aliphatic imine (C=N–C) groups is 1. The number of rotatable bonds is 5. The number of piperidine rings is 1. The Morgan fingerprint density at radius 2 is 1.79 bits per heavy atom. The third kappa shape index (κ3) is 5.73. The molecular weight excluding hydrogens is 415 g/mol. The van der Waals surface area contributed by atoms with E-state index in [1.54, 1.807) is 0 Å². The highest BCUT2D eigenvalue weighted by Gasteiger charge is 2.29. The van der Waals surface area contributed by atoms with Gasteiger partial charge in [-0.25, -0.2) is 0 Å². The van der Waals surface area contributed by atoms with Crippen LogP contribution >= 0.6 is 24.0 Å². The first-order chi connectivity index (χ1) is 11.4. The number of nitrogens with one attached hydrogen (secondary N) is 1. The minimum atomic E-state index is 0. The second-order valence-electron chi connectivity index (χ2n) is 7.24. The van der Waals surface area contributed by atoms with Crippen molar-refractivity contribution in [3.63, 3.8) is 0 Å². The molecule has 1 aliphatic carbocycles. The van der Waals surface area contributed by atoms with Gasteiger partial charge in [0.05, 0.1) is 12.7 Å². The van der Waals surface area contributed by atoms with Crippen molar-refractivity contribution in [3.8, 4) is 0 Å². The number of hydrogen-bond acceptors (Lipinski definition) is 3. The van der Waals surface area contributed by atoms with Crippen molar-refractivity contribution in [1.29, 1.82) is 0 Å². The first kappa shape index (κ1) is 20.2. The summed E-state index contributed by atoms with van der Waals surface area (Å²) in [7, 11) is 1.90. The number of hydrogen-bond donors (Lipinski definition) is 1. The van der Waals surface area contributed by atoms with E-state index in [0.29, 0.717) is 6.10 Å². The molecule has 3 aliphatic rings. The van der Waals surface area contributed by atoms with Gasteiger partial charge in [-0.1, -0.05) is 19.3 Å². The van der Waals surface area contributed by atoms with Crippen molar-refractivity contribution in [2.24, 2.45) is 4.99 Å². The molecule has 0 aromatic carbocycles. The molecule has 1 saturated carbocycles. The molecule has 5 nitrogen and oxygen atoms in total. The Bertz CT molecular complexity index is 381. The smallest absolute Gasteiger partial charge is 0.193 e. The van der Waals surface area contributed by atoms with Crippen molar-refractivity contribution >= 4 is 29.9 Å². The normalized spacial score (nSPS) is 26.6. The highest BCUT2D eigenvalue weighted by atomic mass is 127. The molecule has 2 aliphatic heterocycles. The van der Waals surface area contributed by atoms with E-state index in [1.165, 1.54) is 64.5 Å². The predicted molar refractivity (Wildman–Crippen MR) is 110 cm³/mol. The average Bonchev–Trinajstić information content (AvgIpc) is 3.27. The molecule has 24 heavy (non-hydrogen) atoms. The SMILES string of the molecule is CN=C(NCCOC1CCCC1)N1CCC(N2CCCCC2)C1.I. The summed E-state index contributed by atoms with van der Waals surface area (Å²) in [6.45, 7) is 6.51. The minimum absolute atomic E-state index is 0. The van der Waals surface area contributed by atoms with Crippen LogP contribution in [0.1, 0.15) is 51.4 Å². The highest BCUT2D eigenvalue weighted by Crippen LogP contribution is 2.21. The Balaban J connectivity index is 0.00000208. The molecule has 2 heterocycles. The Morgan fingerprint density at radius 1 is 1.04 bits per heavy atom. The molecule has 1 N–H and O–H groups in total. The zero-order chi connectivity index (χ0) is 15.9. The third-order valence-corrected chi connectivity index (χ3v) is 5.62. The van der Waals surface area contributed by atoms with E-state index >= 15 is 0 Å². The Hall–Kier alpha value is -0.0800. The number of guanidine groups is 1. The molecule has 0 aromatic rings. The summed E-state index contributed by atoms with van der Waals surface area (Å²) in [5, 5.41) is 3.49. The summed E-state index contributed by atoms with van der Waals surface area (Å²) in [6.07, 6.45) is 11.1. The van der Waals surface area contributed by atoms with Gasteiger partial charge in [-0.2, -0.15) is 0 Å². The first-order valence-corrected chi connectivity index (χ1v) is 9.68. The molecule has 0 amide bonds. The highest BCUT2D eigenvalue weighted by molar-refractivity contribution is 14.0. The van der Waals surface area contributed by atoms with Gasteiger partial charge in [0, 0.05) is 32.7 Å². The molecular formula is C18H35IN4O. The molecule has 0 aromatic heterocycles. The van der Waals surface area contributed by atoms with Crippen LogP contribution in [-0.2, 0) is 4.74 Å². The molecule has 0 radical (unpaired) electrons. The largest absolute Gasteiger partial charge is 0.376 e. The van der Waals surface area contributed by atoms with Crippen molar-refractivity contribution in [1.82, 2.24) is 15.1 Å². The van der Waals surface area contributed by atoms with Gasteiger partial charge < -0.3 is 15.0 Å². The molecule has 3 fully saturated rings. The van der Waals surface area contributed by atoms with Crippen LogP contribution in [0.5, 0.6) is 0 Å². The Morgan fingerprint density at radius 3 is 2.50 bits per heavy atom. The van der Waals surface area contributed by atoms with Gasteiger partial charge in [0.2, 0.25) is 0 Å². The lowest BCUT2D eigenvalue weighted by atomic mass is 10.1. The summed E-state index contributed by atoms with van der Waals surface area (Å²) in [6, 6.07) is 0.726. The van der Waals surface area contributed by atoms with Crippen LogP contribution < -0.4 is 5.32 Å². The standard InChI is InChI=1S/C18H34N4O.HI/c1-19-18(20-10-14-23-17-7-3-4-8-17)22-13-9-16(15-22)21-11-5-2-6-12-21;/h16-17H,2-15H2,1H3,(H,19,20);1H. The number of ether oxygens (including phenoxy) is 1. The molecule has 2 saturated heterocycles. The van der Waals surface area contributed by atoms with Crippen molar-refractivity contribution < 1.29 is 4.74 Å². The van der Waals surface area contributed by atoms with Crippen LogP contribution in [-0.4, -0.2) is 74.3 Å². The van der Waals surface area contributed by atoms with E-state index in [1.807, 2.05) is 7.05 Å². The third-order valence-electron chi connectivity index (χ3n) is 5.62. The van der Waals surface area contributed by atoms with Crippen molar-refractivity contribution in [2.75, 3.05) is 46.4 Å². The van der Waals surface area contributed by atoms with Crippen molar-refractivity contribution in [2.45, 2.75) is 63.5 Å². The number of nitrogens with zero attached hydrogens (tertiary/aromatic N) is 3. The molecule has 140 valence electrons. The maximum Gasteiger partial charge on any atom is 0.193 e. The fraction of sp³-hybridized carbons (Fsp3) is 0.944. The van der Waals surface area contributed by atoms with Crippen LogP contribution in [0.2, 0.25) is 0 Å². The van der Waals surface area contributed by atoms with Crippen LogP contribution in [0.15, 0.2) is 4.99 Å². The topological polar surface area (TPSA) is 40.1 Å². The summed E-state index contributed by atoms with van der Waals surface area (Å²) in [5.74, 6) is 1.06. The van der Waals surface area contributed by atoms with Gasteiger partial charge >= 0.3 is 0 Å². The fourth-order valence-electron chi connectivity index (χ4n) is 4.29. The van der Waals surface area contributed by atoms with Gasteiger partial charge in [0.15, 0.2) is 5.96 Å². The fourth-order valence-corrected chi connectivity index (χ4v) is 4.29.